The summed E-state index contributed by atoms with van der Waals surface area (Å²) in [6, 6.07) is 5.39. The fourth-order valence-corrected chi connectivity index (χ4v) is 3.02. The molecule has 1 aliphatic rings. The third kappa shape index (κ3) is 4.17. The van der Waals surface area contributed by atoms with Crippen molar-refractivity contribution >= 4 is 17.6 Å². The van der Waals surface area contributed by atoms with Gasteiger partial charge in [-0.25, -0.2) is 4.79 Å². The molecule has 2 aromatic heterocycles. The second kappa shape index (κ2) is 7.38. The predicted octanol–water partition coefficient (Wildman–Crippen LogP) is 1.54. The number of hydrogen-bond acceptors (Lipinski definition) is 6. The van der Waals surface area contributed by atoms with Gasteiger partial charge in [0.1, 0.15) is 5.75 Å². The first-order chi connectivity index (χ1) is 11.2. The molecule has 8 heteroatoms. The molecular formula is C15H19N5O2S. The van der Waals surface area contributed by atoms with E-state index in [9.17, 15) is 4.79 Å². The number of aryl methyl sites for hydroxylation is 1. The normalized spacial score (nSPS) is 16.0. The Labute approximate surface area is 138 Å². The van der Waals surface area contributed by atoms with Gasteiger partial charge in [-0.2, -0.15) is 4.37 Å². The zero-order valence-corrected chi connectivity index (χ0v) is 13.7. The minimum Gasteiger partial charge on any atom is -0.464 e. The number of piperazine rings is 1. The lowest BCUT2D eigenvalue weighted by molar-refractivity contribution is 0.141. The molecule has 2 amide bonds. The Bertz CT molecular complexity index is 642. The number of nitrogens with zero attached hydrogens (tertiary/aromatic N) is 3. The quantitative estimate of drug-likeness (QED) is 0.830. The van der Waals surface area contributed by atoms with Crippen LogP contribution in [-0.2, 0) is 0 Å². The van der Waals surface area contributed by atoms with Gasteiger partial charge in [0.2, 0.25) is 6.23 Å². The van der Waals surface area contributed by atoms with Crippen molar-refractivity contribution in [1.29, 1.82) is 0 Å². The molecule has 0 aliphatic carbocycles. The summed E-state index contributed by atoms with van der Waals surface area (Å²) in [4.78, 5) is 19.1. The Morgan fingerprint density at radius 2 is 2.30 bits per heavy atom. The van der Waals surface area contributed by atoms with Gasteiger partial charge in [-0.3, -0.25) is 10.3 Å². The van der Waals surface area contributed by atoms with E-state index in [1.807, 2.05) is 19.1 Å². The summed E-state index contributed by atoms with van der Waals surface area (Å²) < 4.78 is 10.2. The van der Waals surface area contributed by atoms with Crippen molar-refractivity contribution in [1.82, 2.24) is 24.9 Å². The number of aromatic nitrogens is 2. The number of carbonyl (C=O) groups is 1. The highest BCUT2D eigenvalue weighted by Gasteiger charge is 2.23. The fraction of sp³-hybridized carbons (Fsp3) is 0.400. The maximum atomic E-state index is 12.5. The molecule has 23 heavy (non-hydrogen) atoms. The first-order valence-corrected chi connectivity index (χ1v) is 8.26. The molecule has 1 fully saturated rings. The summed E-state index contributed by atoms with van der Waals surface area (Å²) in [5.74, 6) is 0.601. The summed E-state index contributed by atoms with van der Waals surface area (Å²) in [5, 5.41) is 6.17. The van der Waals surface area contributed by atoms with Crippen LogP contribution in [0, 0.1) is 6.92 Å². The zero-order chi connectivity index (χ0) is 16.1. The molecule has 3 rings (SSSR count). The van der Waals surface area contributed by atoms with Gasteiger partial charge in [-0.15, -0.1) is 0 Å². The van der Waals surface area contributed by atoms with Crippen molar-refractivity contribution in [3.63, 3.8) is 0 Å². The van der Waals surface area contributed by atoms with Crippen molar-refractivity contribution in [2.45, 2.75) is 13.2 Å². The van der Waals surface area contributed by atoms with E-state index < -0.39 is 6.23 Å². The SMILES string of the molecule is Cc1cc(C(NC(=O)N2CCNCC2)Oc2cccnc2)sn1. The lowest BCUT2D eigenvalue weighted by Gasteiger charge is -2.29. The van der Waals surface area contributed by atoms with Crippen LogP contribution < -0.4 is 15.4 Å². The Morgan fingerprint density at radius 3 is 2.96 bits per heavy atom. The van der Waals surface area contributed by atoms with Crippen LogP contribution in [0.1, 0.15) is 16.8 Å². The third-order valence-corrected chi connectivity index (χ3v) is 4.37. The summed E-state index contributed by atoms with van der Waals surface area (Å²) in [5.41, 5.74) is 0.904. The van der Waals surface area contributed by atoms with Crippen LogP contribution in [0.4, 0.5) is 4.79 Å². The van der Waals surface area contributed by atoms with Crippen LogP contribution in [0.15, 0.2) is 30.6 Å². The molecule has 122 valence electrons. The average molecular weight is 333 g/mol. The molecule has 1 saturated heterocycles. The molecule has 0 radical (unpaired) electrons. The molecule has 2 N–H and O–H groups in total. The molecular weight excluding hydrogens is 314 g/mol. The van der Waals surface area contributed by atoms with Gasteiger partial charge in [0, 0.05) is 32.4 Å². The largest absolute Gasteiger partial charge is 0.464 e. The van der Waals surface area contributed by atoms with Crippen molar-refractivity contribution < 1.29 is 9.53 Å². The standard InChI is InChI=1S/C15H19N5O2S/c1-11-9-13(23-19-11)14(22-12-3-2-4-17-10-12)18-15(21)20-7-5-16-6-8-20/h2-4,9-10,14,16H,5-8H2,1H3,(H,18,21). The van der Waals surface area contributed by atoms with Crippen LogP contribution >= 0.6 is 11.5 Å². The smallest absolute Gasteiger partial charge is 0.320 e. The number of pyridine rings is 1. The molecule has 0 spiro atoms. The summed E-state index contributed by atoms with van der Waals surface area (Å²) in [6.07, 6.45) is 2.73. The second-order valence-electron chi connectivity index (χ2n) is 5.24. The molecule has 1 atom stereocenters. The molecule has 0 saturated carbocycles. The van der Waals surface area contributed by atoms with Gasteiger partial charge in [0.25, 0.3) is 0 Å². The van der Waals surface area contributed by atoms with Gasteiger partial charge in [-0.1, -0.05) is 0 Å². The van der Waals surface area contributed by atoms with Crippen molar-refractivity contribution in [3.8, 4) is 5.75 Å². The fourth-order valence-electron chi connectivity index (χ4n) is 2.29. The summed E-state index contributed by atoms with van der Waals surface area (Å²) in [7, 11) is 0. The zero-order valence-electron chi connectivity index (χ0n) is 12.9. The van der Waals surface area contributed by atoms with Crippen molar-refractivity contribution in [3.05, 3.63) is 41.2 Å². The number of rotatable bonds is 4. The summed E-state index contributed by atoms with van der Waals surface area (Å²) in [6.45, 7) is 4.90. The molecule has 0 aromatic carbocycles. The molecule has 7 nitrogen and oxygen atoms in total. The number of carbonyl (C=O) groups excluding carboxylic acids is 1. The topological polar surface area (TPSA) is 79.4 Å². The van der Waals surface area contributed by atoms with Crippen LogP contribution in [0.3, 0.4) is 0 Å². The van der Waals surface area contributed by atoms with E-state index in [4.69, 9.17) is 4.74 Å². The van der Waals surface area contributed by atoms with Gasteiger partial charge < -0.3 is 15.0 Å². The van der Waals surface area contributed by atoms with Crippen LogP contribution in [0.5, 0.6) is 5.75 Å². The van der Waals surface area contributed by atoms with Crippen LogP contribution in [0.2, 0.25) is 0 Å². The highest BCUT2D eigenvalue weighted by Crippen LogP contribution is 2.23. The molecule has 1 unspecified atom stereocenters. The number of urea groups is 1. The number of hydrogen-bond donors (Lipinski definition) is 2. The molecule has 3 heterocycles. The first-order valence-electron chi connectivity index (χ1n) is 7.48. The van der Waals surface area contributed by atoms with Gasteiger partial charge in [0.15, 0.2) is 0 Å². The van der Waals surface area contributed by atoms with E-state index in [0.717, 1.165) is 23.7 Å². The van der Waals surface area contributed by atoms with E-state index in [2.05, 4.69) is 20.0 Å². The highest BCUT2D eigenvalue weighted by molar-refractivity contribution is 7.05. The Hall–Kier alpha value is -2.19. The van der Waals surface area contributed by atoms with E-state index in [1.165, 1.54) is 11.5 Å². The van der Waals surface area contributed by atoms with E-state index >= 15 is 0 Å². The molecule has 2 aromatic rings. The maximum absolute atomic E-state index is 12.5. The van der Waals surface area contributed by atoms with E-state index in [1.54, 1.807) is 23.4 Å². The maximum Gasteiger partial charge on any atom is 0.320 e. The lowest BCUT2D eigenvalue weighted by atomic mass is 10.3. The van der Waals surface area contributed by atoms with E-state index in [-0.39, 0.29) is 6.03 Å². The number of amides is 2. The monoisotopic (exact) mass is 333 g/mol. The van der Waals surface area contributed by atoms with Gasteiger partial charge in [0.05, 0.1) is 16.8 Å². The minimum atomic E-state index is -0.576. The van der Waals surface area contributed by atoms with Gasteiger partial charge in [-0.05, 0) is 36.7 Å². The van der Waals surface area contributed by atoms with Gasteiger partial charge >= 0.3 is 6.03 Å². The van der Waals surface area contributed by atoms with Crippen molar-refractivity contribution in [2.24, 2.45) is 0 Å². The third-order valence-electron chi connectivity index (χ3n) is 3.45. The predicted molar refractivity (Wildman–Crippen MR) is 87.4 cm³/mol. The minimum absolute atomic E-state index is 0.133. The van der Waals surface area contributed by atoms with Crippen LogP contribution in [0.25, 0.3) is 0 Å². The number of ether oxygens (including phenoxy) is 1. The molecule has 0 bridgehead atoms. The molecule has 1 aliphatic heterocycles. The van der Waals surface area contributed by atoms with Crippen LogP contribution in [-0.4, -0.2) is 46.5 Å². The number of nitrogens with one attached hydrogen (secondary N) is 2. The highest BCUT2D eigenvalue weighted by atomic mass is 32.1. The summed E-state index contributed by atoms with van der Waals surface area (Å²) >= 11 is 1.32. The Balaban J connectivity index is 1.73. The van der Waals surface area contributed by atoms with Crippen molar-refractivity contribution in [2.75, 3.05) is 26.2 Å². The Kier molecular flexibility index (Phi) is 5.04. The first kappa shape index (κ1) is 15.7. The lowest BCUT2D eigenvalue weighted by Crippen LogP contribution is -2.51. The second-order valence-corrected chi connectivity index (χ2v) is 6.08. The average Bonchev–Trinajstić information content (AvgIpc) is 3.02. The van der Waals surface area contributed by atoms with E-state index in [0.29, 0.717) is 18.8 Å². The Morgan fingerprint density at radius 1 is 1.48 bits per heavy atom.